The molecule has 8 heteroatoms. The van der Waals surface area contributed by atoms with Crippen molar-refractivity contribution < 1.29 is 17.9 Å². The van der Waals surface area contributed by atoms with Gasteiger partial charge in [0.05, 0.1) is 17.0 Å². The molecule has 0 aliphatic carbocycles. The summed E-state index contributed by atoms with van der Waals surface area (Å²) in [5.74, 6) is 0. The van der Waals surface area contributed by atoms with Crippen LogP contribution in [0.25, 0.3) is 10.4 Å². The molecule has 1 aromatic rings. The number of benzene rings is 1. The van der Waals surface area contributed by atoms with Crippen LogP contribution in [0.2, 0.25) is 0 Å². The Hall–Kier alpha value is -1.63. The second kappa shape index (κ2) is 5.81. The fraction of sp³-hybridized carbons (Fsp3) is 0.400. The van der Waals surface area contributed by atoms with Gasteiger partial charge in [-0.05, 0) is 23.2 Å². The van der Waals surface area contributed by atoms with E-state index in [0.717, 1.165) is 6.26 Å². The summed E-state index contributed by atoms with van der Waals surface area (Å²) < 4.78 is 35.0. The lowest BCUT2D eigenvalue weighted by molar-refractivity contribution is 0.132. The maximum Gasteiger partial charge on any atom is 0.175 e. The molecule has 2 atom stereocenters. The fourth-order valence-electron chi connectivity index (χ4n) is 1.38. The van der Waals surface area contributed by atoms with Crippen LogP contribution in [0.15, 0.2) is 34.3 Å². The van der Waals surface area contributed by atoms with Gasteiger partial charge in [0.1, 0.15) is 6.67 Å². The van der Waals surface area contributed by atoms with Gasteiger partial charge < -0.3 is 5.11 Å². The average Bonchev–Trinajstić information content (AvgIpc) is 2.34. The lowest BCUT2D eigenvalue weighted by Gasteiger charge is -2.15. The van der Waals surface area contributed by atoms with Gasteiger partial charge in [-0.15, -0.1) is 0 Å². The number of aliphatic hydroxyl groups excluding tert-OH is 1. The van der Waals surface area contributed by atoms with E-state index in [1.807, 2.05) is 0 Å². The fourth-order valence-corrected chi connectivity index (χ4v) is 2.01. The van der Waals surface area contributed by atoms with E-state index in [4.69, 9.17) is 5.53 Å². The maximum absolute atomic E-state index is 12.5. The first-order chi connectivity index (χ1) is 8.40. The molecule has 18 heavy (non-hydrogen) atoms. The number of sulfone groups is 1. The third-order valence-electron chi connectivity index (χ3n) is 2.37. The summed E-state index contributed by atoms with van der Waals surface area (Å²) in [7, 11) is -3.32. The highest BCUT2D eigenvalue weighted by Crippen LogP contribution is 2.21. The van der Waals surface area contributed by atoms with Crippen molar-refractivity contribution in [3.8, 4) is 0 Å². The summed E-state index contributed by atoms with van der Waals surface area (Å²) >= 11 is 0. The van der Waals surface area contributed by atoms with Gasteiger partial charge in [-0.3, -0.25) is 4.39 Å². The average molecular weight is 273 g/mol. The Morgan fingerprint density at radius 3 is 2.39 bits per heavy atom. The molecule has 0 saturated heterocycles. The van der Waals surface area contributed by atoms with Crippen LogP contribution in [0, 0.1) is 0 Å². The SMILES string of the molecule is CS(=O)(=O)c1ccc(C(O)C(CF)N=[N+]=[N-])cc1. The van der Waals surface area contributed by atoms with Crippen LogP contribution >= 0.6 is 0 Å². The molecule has 2 unspecified atom stereocenters. The van der Waals surface area contributed by atoms with Gasteiger partial charge >= 0.3 is 0 Å². The number of hydrogen-bond donors (Lipinski definition) is 1. The molecule has 0 aliphatic heterocycles. The maximum atomic E-state index is 12.5. The molecular formula is C10H12FN3O3S. The highest BCUT2D eigenvalue weighted by Gasteiger charge is 2.20. The number of rotatable bonds is 5. The predicted molar refractivity (Wildman–Crippen MR) is 63.4 cm³/mol. The highest BCUT2D eigenvalue weighted by molar-refractivity contribution is 7.90. The molecule has 0 amide bonds. The molecule has 1 N–H and O–H groups in total. The largest absolute Gasteiger partial charge is 0.388 e. The summed E-state index contributed by atoms with van der Waals surface area (Å²) in [5.41, 5.74) is 8.50. The van der Waals surface area contributed by atoms with Crippen molar-refractivity contribution in [1.82, 2.24) is 0 Å². The molecule has 0 saturated carbocycles. The molecular weight excluding hydrogens is 261 g/mol. The van der Waals surface area contributed by atoms with E-state index in [2.05, 4.69) is 10.0 Å². The summed E-state index contributed by atoms with van der Waals surface area (Å²) in [6, 6.07) is 4.10. The Morgan fingerprint density at radius 1 is 1.44 bits per heavy atom. The van der Waals surface area contributed by atoms with Crippen LogP contribution in [-0.4, -0.2) is 32.5 Å². The molecule has 1 rings (SSSR count). The lowest BCUT2D eigenvalue weighted by atomic mass is 10.0. The molecule has 0 spiro atoms. The summed E-state index contributed by atoms with van der Waals surface area (Å²) in [6.45, 7) is -1.00. The zero-order valence-electron chi connectivity index (χ0n) is 9.56. The number of azide groups is 1. The number of aliphatic hydroxyl groups is 1. The summed E-state index contributed by atoms with van der Waals surface area (Å²) in [5, 5.41) is 12.9. The minimum Gasteiger partial charge on any atom is -0.388 e. The van der Waals surface area contributed by atoms with E-state index < -0.39 is 28.7 Å². The van der Waals surface area contributed by atoms with Crippen molar-refractivity contribution in [1.29, 1.82) is 0 Å². The number of hydrogen-bond acceptors (Lipinski definition) is 4. The molecule has 0 bridgehead atoms. The first-order valence-electron chi connectivity index (χ1n) is 4.98. The molecule has 0 aromatic heterocycles. The minimum atomic E-state index is -3.32. The first-order valence-corrected chi connectivity index (χ1v) is 6.87. The van der Waals surface area contributed by atoms with Gasteiger partial charge in [-0.2, -0.15) is 0 Å². The van der Waals surface area contributed by atoms with Crippen molar-refractivity contribution in [2.45, 2.75) is 17.0 Å². The molecule has 98 valence electrons. The van der Waals surface area contributed by atoms with Crippen LogP contribution in [0.4, 0.5) is 4.39 Å². The van der Waals surface area contributed by atoms with Crippen molar-refractivity contribution in [2.75, 3.05) is 12.9 Å². The van der Waals surface area contributed by atoms with E-state index in [-0.39, 0.29) is 10.5 Å². The lowest BCUT2D eigenvalue weighted by Crippen LogP contribution is -2.18. The van der Waals surface area contributed by atoms with E-state index in [1.54, 1.807) is 0 Å². The van der Waals surface area contributed by atoms with Crippen molar-refractivity contribution in [3.05, 3.63) is 40.3 Å². The third kappa shape index (κ3) is 3.43. The first kappa shape index (κ1) is 14.4. The van der Waals surface area contributed by atoms with Gasteiger partial charge in [0, 0.05) is 11.2 Å². The number of nitrogens with zero attached hydrogens (tertiary/aromatic N) is 3. The van der Waals surface area contributed by atoms with Crippen LogP contribution in [0.1, 0.15) is 11.7 Å². The van der Waals surface area contributed by atoms with Gasteiger partial charge in [0.15, 0.2) is 9.84 Å². The monoisotopic (exact) mass is 273 g/mol. The number of halogens is 1. The Kier molecular flexibility index (Phi) is 4.66. The van der Waals surface area contributed by atoms with Crippen LogP contribution in [0.5, 0.6) is 0 Å². The van der Waals surface area contributed by atoms with Crippen molar-refractivity contribution in [3.63, 3.8) is 0 Å². The van der Waals surface area contributed by atoms with E-state index in [1.165, 1.54) is 24.3 Å². The number of alkyl halides is 1. The Balaban J connectivity index is 3.01. The van der Waals surface area contributed by atoms with Gasteiger partial charge in [0.2, 0.25) is 0 Å². The Morgan fingerprint density at radius 2 is 2.00 bits per heavy atom. The van der Waals surface area contributed by atoms with Crippen LogP contribution in [0.3, 0.4) is 0 Å². The van der Waals surface area contributed by atoms with E-state index >= 15 is 0 Å². The predicted octanol–water partition coefficient (Wildman–Crippen LogP) is 1.77. The van der Waals surface area contributed by atoms with Gasteiger partial charge in [-0.1, -0.05) is 17.2 Å². The van der Waals surface area contributed by atoms with Gasteiger partial charge in [-0.25, -0.2) is 8.42 Å². The zero-order valence-corrected chi connectivity index (χ0v) is 10.4. The normalized spacial score (nSPS) is 14.6. The van der Waals surface area contributed by atoms with Crippen LogP contribution in [-0.2, 0) is 9.84 Å². The Labute approximate surface area is 104 Å². The van der Waals surface area contributed by atoms with Crippen molar-refractivity contribution in [2.24, 2.45) is 5.11 Å². The second-order valence-corrected chi connectivity index (χ2v) is 5.73. The Bertz CT molecular complexity index is 552. The summed E-state index contributed by atoms with van der Waals surface area (Å²) in [6.07, 6.45) is -0.248. The molecule has 0 fully saturated rings. The quantitative estimate of drug-likeness (QED) is 0.502. The third-order valence-corrected chi connectivity index (χ3v) is 3.50. The minimum absolute atomic E-state index is 0.0963. The molecule has 1 aromatic carbocycles. The van der Waals surface area contributed by atoms with Crippen LogP contribution < -0.4 is 0 Å². The standard InChI is InChI=1S/C10H12FN3O3S/c1-18(16,17)8-4-2-7(3-5-8)10(15)9(6-11)13-14-12/h2-5,9-10,15H,6H2,1H3. The van der Waals surface area contributed by atoms with E-state index in [9.17, 15) is 17.9 Å². The second-order valence-electron chi connectivity index (χ2n) is 3.71. The molecule has 0 aliphatic rings. The highest BCUT2D eigenvalue weighted by atomic mass is 32.2. The van der Waals surface area contributed by atoms with Crippen molar-refractivity contribution >= 4 is 9.84 Å². The molecule has 0 radical (unpaired) electrons. The topological polar surface area (TPSA) is 103 Å². The van der Waals surface area contributed by atoms with E-state index in [0.29, 0.717) is 0 Å². The molecule has 0 heterocycles. The molecule has 6 nitrogen and oxygen atoms in total. The van der Waals surface area contributed by atoms with Gasteiger partial charge in [0.25, 0.3) is 0 Å². The zero-order chi connectivity index (χ0) is 13.8. The smallest absolute Gasteiger partial charge is 0.175 e. The summed E-state index contributed by atoms with van der Waals surface area (Å²) in [4.78, 5) is 2.54.